The molecule has 0 amide bonds. The average molecular weight is 632 g/mol. The molecule has 1 saturated heterocycles. The second-order valence-electron chi connectivity index (χ2n) is 10.8. The number of anilines is 2. The molecule has 0 aliphatic carbocycles. The first-order chi connectivity index (χ1) is 21.3. The maximum absolute atomic E-state index is 13.5. The fourth-order valence-corrected chi connectivity index (χ4v) is 6.92. The molecule has 0 bridgehead atoms. The maximum Gasteiger partial charge on any atom is 0.243 e. The summed E-state index contributed by atoms with van der Waals surface area (Å²) in [4.78, 5) is 2.45. The van der Waals surface area contributed by atoms with Crippen LogP contribution in [0.4, 0.5) is 15.9 Å². The zero-order chi connectivity index (χ0) is 30.7. The second-order valence-corrected chi connectivity index (χ2v) is 13.1. The van der Waals surface area contributed by atoms with E-state index in [-0.39, 0.29) is 12.4 Å². The normalized spacial score (nSPS) is 14.8. The van der Waals surface area contributed by atoms with Gasteiger partial charge in [0.25, 0.3) is 0 Å². The first kappa shape index (κ1) is 30.0. The smallest absolute Gasteiger partial charge is 0.243 e. The Bertz CT molecular complexity index is 1910. The molecule has 1 N–H and O–H groups in total. The number of hydrogen-bond donors (Lipinski definition) is 1. The van der Waals surface area contributed by atoms with Crippen LogP contribution in [0.25, 0.3) is 21.9 Å². The van der Waals surface area contributed by atoms with Gasteiger partial charge >= 0.3 is 0 Å². The summed E-state index contributed by atoms with van der Waals surface area (Å²) in [5, 5.41) is 13.9. The van der Waals surface area contributed by atoms with E-state index in [0.29, 0.717) is 45.8 Å². The summed E-state index contributed by atoms with van der Waals surface area (Å²) in [6, 6.07) is 24.5. The molecule has 0 atom stereocenters. The molecule has 44 heavy (non-hydrogen) atoms. The number of aromatic nitrogens is 2. The number of rotatable bonds is 8. The van der Waals surface area contributed by atoms with Crippen LogP contribution in [0.2, 0.25) is 5.02 Å². The molecular weight excluding hydrogens is 601 g/mol. The van der Waals surface area contributed by atoms with Crippen LogP contribution in [-0.2, 0) is 16.6 Å². The molecule has 5 aromatic rings. The minimum Gasteiger partial charge on any atom is -0.487 e. The van der Waals surface area contributed by atoms with Gasteiger partial charge in [0.1, 0.15) is 18.2 Å². The van der Waals surface area contributed by atoms with Crippen molar-refractivity contribution in [3.05, 3.63) is 108 Å². The van der Waals surface area contributed by atoms with Gasteiger partial charge in [0.15, 0.2) is 5.82 Å². The highest BCUT2D eigenvalue weighted by Crippen LogP contribution is 2.33. The zero-order valence-electron chi connectivity index (χ0n) is 24.1. The number of benzene rings is 4. The lowest BCUT2D eigenvalue weighted by atomic mass is 10.0. The van der Waals surface area contributed by atoms with E-state index in [1.807, 2.05) is 43.4 Å². The van der Waals surface area contributed by atoms with Gasteiger partial charge in [-0.05, 0) is 91.3 Å². The zero-order valence-corrected chi connectivity index (χ0v) is 25.7. The van der Waals surface area contributed by atoms with Crippen molar-refractivity contribution in [2.45, 2.75) is 17.9 Å². The quantitative estimate of drug-likeness (QED) is 0.203. The third kappa shape index (κ3) is 6.68. The van der Waals surface area contributed by atoms with Gasteiger partial charge in [-0.1, -0.05) is 41.9 Å². The van der Waals surface area contributed by atoms with Crippen molar-refractivity contribution in [1.82, 2.24) is 19.4 Å². The lowest BCUT2D eigenvalue weighted by molar-refractivity contribution is 0.306. The van der Waals surface area contributed by atoms with Gasteiger partial charge in [-0.3, -0.25) is 0 Å². The summed E-state index contributed by atoms with van der Waals surface area (Å²) >= 11 is 6.48. The second kappa shape index (κ2) is 12.9. The van der Waals surface area contributed by atoms with Gasteiger partial charge in [-0.2, -0.15) is 9.40 Å². The van der Waals surface area contributed by atoms with Crippen LogP contribution in [-0.4, -0.2) is 61.0 Å². The summed E-state index contributed by atoms with van der Waals surface area (Å²) in [7, 11) is -1.54. The lowest BCUT2D eigenvalue weighted by Crippen LogP contribution is -2.34. The number of likely N-dealkylation sites (N-methyl/N-ethyl adjacent to an activating group) is 1. The fourth-order valence-electron chi connectivity index (χ4n) is 5.21. The van der Waals surface area contributed by atoms with Crippen LogP contribution in [0.15, 0.2) is 96.0 Å². The van der Waals surface area contributed by atoms with E-state index in [1.165, 1.54) is 12.1 Å². The summed E-state index contributed by atoms with van der Waals surface area (Å²) < 4.78 is 47.3. The Morgan fingerprint density at radius 2 is 1.75 bits per heavy atom. The Hall–Kier alpha value is -4.09. The molecule has 4 aromatic carbocycles. The average Bonchev–Trinajstić information content (AvgIpc) is 3.25. The van der Waals surface area contributed by atoms with E-state index >= 15 is 0 Å². The molecule has 1 fully saturated rings. The number of nitrogens with one attached hydrogen (secondary N) is 1. The van der Waals surface area contributed by atoms with Crippen LogP contribution in [0, 0.1) is 5.82 Å². The highest BCUT2D eigenvalue weighted by molar-refractivity contribution is 7.89. The minimum absolute atomic E-state index is 0.191. The summed E-state index contributed by atoms with van der Waals surface area (Å²) in [6.07, 6.45) is 2.50. The molecule has 0 spiro atoms. The number of fused-ring (bicyclic) bond motifs is 1. The van der Waals surface area contributed by atoms with Crippen LogP contribution >= 0.6 is 11.6 Å². The van der Waals surface area contributed by atoms with E-state index in [0.717, 1.165) is 41.4 Å². The van der Waals surface area contributed by atoms with Gasteiger partial charge < -0.3 is 15.0 Å². The molecule has 0 saturated carbocycles. The molecule has 1 aromatic heterocycles. The van der Waals surface area contributed by atoms with Crippen molar-refractivity contribution >= 4 is 43.9 Å². The Morgan fingerprint density at radius 1 is 0.932 bits per heavy atom. The minimum atomic E-state index is -3.55. The SMILES string of the molecule is CN1CCCN(S(=O)(=O)c2ccc(-c3ccc4c(Nc5ccc(OCc6cccc(F)c6)c(Cl)c5)nncc4c3)cc2)CC1. The predicted molar refractivity (Wildman–Crippen MR) is 171 cm³/mol. The number of hydrogen-bond acceptors (Lipinski definition) is 7. The van der Waals surface area contributed by atoms with Gasteiger partial charge in [0.2, 0.25) is 10.0 Å². The van der Waals surface area contributed by atoms with Crippen molar-refractivity contribution in [2.24, 2.45) is 0 Å². The van der Waals surface area contributed by atoms with Crippen molar-refractivity contribution in [3.8, 4) is 16.9 Å². The number of halogens is 2. The summed E-state index contributed by atoms with van der Waals surface area (Å²) in [5.74, 6) is 0.719. The fraction of sp³-hybridized carbons (Fsp3) is 0.212. The third-order valence-corrected chi connectivity index (χ3v) is 9.85. The monoisotopic (exact) mass is 631 g/mol. The predicted octanol–water partition coefficient (Wildman–Crippen LogP) is 6.74. The first-order valence-electron chi connectivity index (χ1n) is 14.2. The first-order valence-corrected chi connectivity index (χ1v) is 16.1. The molecule has 11 heteroatoms. The van der Waals surface area contributed by atoms with Crippen LogP contribution in [0.3, 0.4) is 0 Å². The van der Waals surface area contributed by atoms with Gasteiger partial charge in [0.05, 0.1) is 16.1 Å². The third-order valence-electron chi connectivity index (χ3n) is 7.64. The number of nitrogens with zero attached hydrogens (tertiary/aromatic N) is 4. The van der Waals surface area contributed by atoms with E-state index in [9.17, 15) is 12.8 Å². The van der Waals surface area contributed by atoms with Gasteiger partial charge in [0, 0.05) is 36.1 Å². The Kier molecular flexibility index (Phi) is 8.76. The Balaban J connectivity index is 1.17. The van der Waals surface area contributed by atoms with Crippen LogP contribution < -0.4 is 10.1 Å². The molecule has 1 aliphatic heterocycles. The molecule has 8 nitrogen and oxygen atoms in total. The topological polar surface area (TPSA) is 87.7 Å². The van der Waals surface area contributed by atoms with Crippen molar-refractivity contribution in [1.29, 1.82) is 0 Å². The highest BCUT2D eigenvalue weighted by atomic mass is 35.5. The molecule has 226 valence electrons. The molecule has 1 aliphatic rings. The van der Waals surface area contributed by atoms with E-state index in [4.69, 9.17) is 16.3 Å². The van der Waals surface area contributed by atoms with Crippen LogP contribution in [0.5, 0.6) is 5.75 Å². The maximum atomic E-state index is 13.5. The van der Waals surface area contributed by atoms with Crippen molar-refractivity contribution in [2.75, 3.05) is 38.5 Å². The molecule has 6 rings (SSSR count). The molecule has 0 radical (unpaired) electrons. The Morgan fingerprint density at radius 3 is 2.55 bits per heavy atom. The lowest BCUT2D eigenvalue weighted by Gasteiger charge is -2.20. The van der Waals surface area contributed by atoms with Crippen molar-refractivity contribution < 1.29 is 17.5 Å². The van der Waals surface area contributed by atoms with Crippen molar-refractivity contribution in [3.63, 3.8) is 0 Å². The van der Waals surface area contributed by atoms with Crippen LogP contribution in [0.1, 0.15) is 12.0 Å². The number of sulfonamides is 1. The molecule has 0 unspecified atom stereocenters. The molecular formula is C33H31ClFN5O3S. The summed E-state index contributed by atoms with van der Waals surface area (Å²) in [5.41, 5.74) is 3.23. The Labute approximate surface area is 261 Å². The van der Waals surface area contributed by atoms with E-state index < -0.39 is 10.0 Å². The number of ether oxygens (including phenoxy) is 1. The van der Waals surface area contributed by atoms with Gasteiger partial charge in [-0.25, -0.2) is 12.8 Å². The standard InChI is InChI=1S/C33H31ClFN5O3S/c1-39-14-3-15-40(17-16-39)44(41,42)29-10-6-24(7-11-29)25-8-12-30-26(19-25)21-36-38-33(30)37-28-9-13-32(31(34)20-28)43-22-23-4-2-5-27(35)18-23/h2,4-13,18-21H,3,14-17,22H2,1H3,(H,37,38). The van der Waals surface area contributed by atoms with E-state index in [1.54, 1.807) is 46.9 Å². The molecule has 2 heterocycles. The summed E-state index contributed by atoms with van der Waals surface area (Å²) in [6.45, 7) is 2.82. The highest BCUT2D eigenvalue weighted by Gasteiger charge is 2.26. The largest absolute Gasteiger partial charge is 0.487 e. The van der Waals surface area contributed by atoms with Gasteiger partial charge in [-0.15, -0.1) is 5.10 Å². The van der Waals surface area contributed by atoms with E-state index in [2.05, 4.69) is 20.4 Å².